The van der Waals surface area contributed by atoms with Gasteiger partial charge in [-0.3, -0.25) is 0 Å². The Hall–Kier alpha value is -2.28. The number of aliphatic hydroxyl groups excluding tert-OH is 1. The van der Waals surface area contributed by atoms with Gasteiger partial charge >= 0.3 is 5.97 Å². The average molecular weight is 220 g/mol. The Morgan fingerprint density at radius 2 is 2.06 bits per heavy atom. The lowest BCUT2D eigenvalue weighted by Crippen LogP contribution is -2.02. The molecule has 0 saturated carbocycles. The lowest BCUT2D eigenvalue weighted by atomic mass is 10.0. The summed E-state index contributed by atoms with van der Waals surface area (Å²) in [7, 11) is 0. The van der Waals surface area contributed by atoms with E-state index in [1.54, 1.807) is 0 Å². The summed E-state index contributed by atoms with van der Waals surface area (Å²) in [4.78, 5) is 10.8. The molecule has 0 radical (unpaired) electrons. The molecule has 1 aromatic rings. The predicted octanol–water partition coefficient (Wildman–Crippen LogP) is 2.23. The number of aliphatic hydroxyl groups is 1. The van der Waals surface area contributed by atoms with Crippen LogP contribution in [0.3, 0.4) is 0 Å². The molecule has 0 bridgehead atoms. The minimum absolute atomic E-state index is 0.0710. The topological polar surface area (TPSA) is 57.5 Å². The monoisotopic (exact) mass is 220 g/mol. The van der Waals surface area contributed by atoms with E-state index in [0.29, 0.717) is 5.56 Å². The van der Waals surface area contributed by atoms with Gasteiger partial charge in [0.15, 0.2) is 6.67 Å². The zero-order chi connectivity index (χ0) is 12.1. The lowest BCUT2D eigenvalue weighted by molar-refractivity contribution is 0.0696. The van der Waals surface area contributed by atoms with Gasteiger partial charge in [-0.1, -0.05) is 18.4 Å². The summed E-state index contributed by atoms with van der Waals surface area (Å²) in [6, 6.07) is 4.09. The molecular formula is C12H9FO3. The third kappa shape index (κ3) is 2.61. The van der Waals surface area contributed by atoms with Crippen LogP contribution in [0.4, 0.5) is 4.39 Å². The maximum absolute atomic E-state index is 11.8. The quantitative estimate of drug-likeness (QED) is 0.593. The molecule has 0 unspecified atom stereocenters. The van der Waals surface area contributed by atoms with Crippen molar-refractivity contribution in [1.82, 2.24) is 0 Å². The smallest absolute Gasteiger partial charge is 0.336 e. The molecule has 0 aromatic heterocycles. The molecule has 0 spiro atoms. The van der Waals surface area contributed by atoms with Crippen molar-refractivity contribution in [1.29, 1.82) is 0 Å². The number of halogens is 1. The van der Waals surface area contributed by atoms with E-state index in [2.05, 4.69) is 18.4 Å². The van der Waals surface area contributed by atoms with Gasteiger partial charge in [-0.05, 0) is 18.2 Å². The SMILES string of the molecule is C=C(O)c1cc(C#CCF)ccc1C(=O)O. The van der Waals surface area contributed by atoms with Crippen LogP contribution < -0.4 is 0 Å². The van der Waals surface area contributed by atoms with Crippen molar-refractivity contribution < 1.29 is 19.4 Å². The first kappa shape index (κ1) is 11.8. The van der Waals surface area contributed by atoms with E-state index < -0.39 is 12.6 Å². The highest BCUT2D eigenvalue weighted by Gasteiger charge is 2.12. The molecule has 0 aliphatic carbocycles. The van der Waals surface area contributed by atoms with E-state index in [-0.39, 0.29) is 16.9 Å². The van der Waals surface area contributed by atoms with Crippen molar-refractivity contribution in [2.24, 2.45) is 0 Å². The van der Waals surface area contributed by atoms with Crippen LogP contribution in [0.15, 0.2) is 24.8 Å². The molecular weight excluding hydrogens is 211 g/mol. The fourth-order valence-electron chi connectivity index (χ4n) is 1.18. The van der Waals surface area contributed by atoms with Crippen molar-refractivity contribution in [3.05, 3.63) is 41.5 Å². The van der Waals surface area contributed by atoms with Gasteiger partial charge < -0.3 is 10.2 Å². The van der Waals surface area contributed by atoms with Crippen LogP contribution in [0.1, 0.15) is 21.5 Å². The highest BCUT2D eigenvalue weighted by atomic mass is 19.1. The van der Waals surface area contributed by atoms with Crippen LogP contribution >= 0.6 is 0 Å². The molecule has 0 atom stereocenters. The fourth-order valence-corrected chi connectivity index (χ4v) is 1.18. The van der Waals surface area contributed by atoms with Gasteiger partial charge in [-0.2, -0.15) is 0 Å². The summed E-state index contributed by atoms with van der Waals surface area (Å²) in [5, 5.41) is 18.1. The molecule has 4 heteroatoms. The van der Waals surface area contributed by atoms with Gasteiger partial charge in [0.2, 0.25) is 0 Å². The number of hydrogen-bond acceptors (Lipinski definition) is 2. The number of carboxylic acid groups (broad SMARTS) is 1. The van der Waals surface area contributed by atoms with Crippen molar-refractivity contribution in [2.45, 2.75) is 0 Å². The van der Waals surface area contributed by atoms with Crippen LogP contribution in [0.2, 0.25) is 0 Å². The molecule has 3 nitrogen and oxygen atoms in total. The van der Waals surface area contributed by atoms with Gasteiger partial charge in [0.1, 0.15) is 5.76 Å². The molecule has 0 amide bonds. The lowest BCUT2D eigenvalue weighted by Gasteiger charge is -2.04. The first-order valence-electron chi connectivity index (χ1n) is 4.36. The Morgan fingerprint density at radius 3 is 2.56 bits per heavy atom. The molecule has 0 aliphatic heterocycles. The molecule has 0 fully saturated rings. The van der Waals surface area contributed by atoms with Gasteiger partial charge in [-0.25, -0.2) is 9.18 Å². The van der Waals surface area contributed by atoms with Crippen molar-refractivity contribution >= 4 is 11.7 Å². The molecule has 1 aromatic carbocycles. The Bertz CT molecular complexity index is 495. The molecule has 2 N–H and O–H groups in total. The fraction of sp³-hybridized carbons (Fsp3) is 0.0833. The number of carboxylic acids is 1. The van der Waals surface area contributed by atoms with E-state index >= 15 is 0 Å². The van der Waals surface area contributed by atoms with Crippen LogP contribution in [0.5, 0.6) is 0 Å². The normalized spacial score (nSPS) is 9.06. The molecule has 0 saturated heterocycles. The highest BCUT2D eigenvalue weighted by molar-refractivity contribution is 5.93. The zero-order valence-electron chi connectivity index (χ0n) is 8.33. The van der Waals surface area contributed by atoms with E-state index in [1.807, 2.05) is 0 Å². The number of aromatic carboxylic acids is 1. The third-order valence-electron chi connectivity index (χ3n) is 1.86. The van der Waals surface area contributed by atoms with Crippen molar-refractivity contribution in [3.63, 3.8) is 0 Å². The Labute approximate surface area is 91.8 Å². The second-order valence-electron chi connectivity index (χ2n) is 2.95. The van der Waals surface area contributed by atoms with Gasteiger partial charge in [0.05, 0.1) is 5.56 Å². The first-order valence-corrected chi connectivity index (χ1v) is 4.36. The molecule has 0 heterocycles. The number of benzene rings is 1. The Kier molecular flexibility index (Phi) is 3.67. The Morgan fingerprint density at radius 1 is 1.38 bits per heavy atom. The van der Waals surface area contributed by atoms with E-state index in [9.17, 15) is 14.3 Å². The van der Waals surface area contributed by atoms with Gasteiger partial charge in [0, 0.05) is 11.1 Å². The molecule has 16 heavy (non-hydrogen) atoms. The summed E-state index contributed by atoms with van der Waals surface area (Å²) in [5.74, 6) is 3.16. The average Bonchev–Trinajstić information content (AvgIpc) is 2.25. The molecule has 1 rings (SSSR count). The van der Waals surface area contributed by atoms with Crippen LogP contribution in [-0.4, -0.2) is 22.9 Å². The number of alkyl halides is 1. The maximum atomic E-state index is 11.8. The number of carbonyl (C=O) groups is 1. The minimum atomic E-state index is -1.17. The molecule has 0 aliphatic rings. The summed E-state index contributed by atoms with van der Waals surface area (Å²) in [5.41, 5.74) is 0.435. The standard InChI is InChI=1S/C12H9FO3/c1-8(14)11-7-9(3-2-6-13)4-5-10(11)12(15)16/h4-5,7,14H,1,6H2,(H,15,16). The highest BCUT2D eigenvalue weighted by Crippen LogP contribution is 2.17. The minimum Gasteiger partial charge on any atom is -0.508 e. The summed E-state index contributed by atoms with van der Waals surface area (Å²) in [6.45, 7) is 2.48. The van der Waals surface area contributed by atoms with Gasteiger partial charge in [0.25, 0.3) is 0 Å². The first-order chi connectivity index (χ1) is 7.56. The molecule has 82 valence electrons. The largest absolute Gasteiger partial charge is 0.508 e. The second-order valence-corrected chi connectivity index (χ2v) is 2.95. The van der Waals surface area contributed by atoms with Crippen molar-refractivity contribution in [3.8, 4) is 11.8 Å². The third-order valence-corrected chi connectivity index (χ3v) is 1.86. The zero-order valence-corrected chi connectivity index (χ0v) is 8.33. The van der Waals surface area contributed by atoms with E-state index in [1.165, 1.54) is 18.2 Å². The van der Waals surface area contributed by atoms with Crippen LogP contribution in [0.25, 0.3) is 5.76 Å². The van der Waals surface area contributed by atoms with Crippen LogP contribution in [-0.2, 0) is 0 Å². The van der Waals surface area contributed by atoms with E-state index in [4.69, 9.17) is 5.11 Å². The van der Waals surface area contributed by atoms with Gasteiger partial charge in [-0.15, -0.1) is 0 Å². The second kappa shape index (κ2) is 4.99. The summed E-state index contributed by atoms with van der Waals surface area (Å²) in [6.07, 6.45) is 0. The number of hydrogen-bond donors (Lipinski definition) is 2. The van der Waals surface area contributed by atoms with Crippen molar-refractivity contribution in [2.75, 3.05) is 6.67 Å². The van der Waals surface area contributed by atoms with Crippen LogP contribution in [0, 0.1) is 11.8 Å². The predicted molar refractivity (Wildman–Crippen MR) is 57.9 cm³/mol. The summed E-state index contributed by atoms with van der Waals surface area (Å²) >= 11 is 0. The Balaban J connectivity index is 3.28. The maximum Gasteiger partial charge on any atom is 0.336 e. The summed E-state index contributed by atoms with van der Waals surface area (Å²) < 4.78 is 11.8. The number of rotatable bonds is 2. The van der Waals surface area contributed by atoms with E-state index in [0.717, 1.165) is 0 Å².